The van der Waals surface area contributed by atoms with Crippen LogP contribution >= 0.6 is 22.6 Å². The first-order chi connectivity index (χ1) is 15.9. The molecule has 3 rings (SSSR count). The van der Waals surface area contributed by atoms with Gasteiger partial charge >= 0.3 is 0 Å². The summed E-state index contributed by atoms with van der Waals surface area (Å²) in [6.45, 7) is 3.54. The van der Waals surface area contributed by atoms with E-state index in [0.29, 0.717) is 9.64 Å². The lowest BCUT2D eigenvalue weighted by molar-refractivity contribution is 0.00163. The smallest absolute Gasteiger partial charge is 0.238 e. The second-order valence-electron chi connectivity index (χ2n) is 8.40. The molecule has 0 amide bonds. The molecule has 3 N–H and O–H groups in total. The van der Waals surface area contributed by atoms with Crippen molar-refractivity contribution in [1.82, 2.24) is 0 Å². The largest absolute Gasteiger partial charge is 0.494 e. The molecule has 0 aromatic heterocycles. The van der Waals surface area contributed by atoms with Crippen LogP contribution in [0.3, 0.4) is 0 Å². The van der Waals surface area contributed by atoms with Gasteiger partial charge in [-0.15, -0.1) is 0 Å². The highest BCUT2D eigenvalue weighted by molar-refractivity contribution is 14.1. The molecule has 7 nitrogen and oxygen atoms in total. The third kappa shape index (κ3) is 5.89. The van der Waals surface area contributed by atoms with Gasteiger partial charge in [-0.1, -0.05) is 0 Å². The molecule has 1 aliphatic rings. The molecular formula is C22H26F3IN2O5S. The number of benzene rings is 2. The molecule has 0 spiro atoms. The fourth-order valence-electron chi connectivity index (χ4n) is 3.46. The minimum absolute atomic E-state index is 0.0394. The molecule has 2 aromatic carbocycles. The second kappa shape index (κ2) is 10.5. The maximum absolute atomic E-state index is 14.8. The predicted molar refractivity (Wildman–Crippen MR) is 132 cm³/mol. The number of anilines is 3. The zero-order chi connectivity index (χ0) is 25.3. The van der Waals surface area contributed by atoms with Crippen LogP contribution in [-0.2, 0) is 14.8 Å². The molecule has 12 heteroatoms. The highest BCUT2D eigenvalue weighted by atomic mass is 127. The molecule has 0 radical (unpaired) electrons. The summed E-state index contributed by atoms with van der Waals surface area (Å²) in [5.41, 5.74) is -1.21. The highest BCUT2D eigenvalue weighted by Crippen LogP contribution is 2.50. The van der Waals surface area contributed by atoms with Gasteiger partial charge in [0.25, 0.3) is 0 Å². The van der Waals surface area contributed by atoms with Crippen molar-refractivity contribution in [2.45, 2.75) is 50.1 Å². The summed E-state index contributed by atoms with van der Waals surface area (Å²) in [4.78, 5) is 0. The summed E-state index contributed by atoms with van der Waals surface area (Å²) in [7, 11) is -3.03. The standard InChI is InChI=1S/C22H26F3IN2O5S/c1-12(2)33-11-14(29)10-22(6-7-22)34(30,31)28-20-18(32-3)9-16(24)19(25)21(20)27-17-5-4-13(26)8-15(17)23/h4-5,8-9,12,14,27-29H,6-7,10-11H2,1-3H3/t14-/m0/s1. The number of sulfonamides is 1. The minimum atomic E-state index is -4.20. The van der Waals surface area contributed by atoms with Gasteiger partial charge < -0.3 is 19.9 Å². The topological polar surface area (TPSA) is 96.9 Å². The van der Waals surface area contributed by atoms with E-state index in [9.17, 15) is 26.7 Å². The van der Waals surface area contributed by atoms with E-state index in [4.69, 9.17) is 9.47 Å². The van der Waals surface area contributed by atoms with Crippen molar-refractivity contribution < 1.29 is 36.2 Å². The van der Waals surface area contributed by atoms with E-state index in [0.717, 1.165) is 0 Å². The normalized spacial score (nSPS) is 15.8. The first kappa shape index (κ1) is 26.8. The Hall–Kier alpha value is -1.77. The summed E-state index contributed by atoms with van der Waals surface area (Å²) in [6.07, 6.45) is -0.744. The van der Waals surface area contributed by atoms with E-state index in [1.54, 1.807) is 19.9 Å². The lowest BCUT2D eigenvalue weighted by Crippen LogP contribution is -2.35. The van der Waals surface area contributed by atoms with Crippen LogP contribution in [0.5, 0.6) is 5.75 Å². The summed E-state index contributed by atoms with van der Waals surface area (Å²) in [5, 5.41) is 12.7. The third-order valence-electron chi connectivity index (χ3n) is 5.44. The summed E-state index contributed by atoms with van der Waals surface area (Å²) in [6, 6.07) is 4.75. The van der Waals surface area contributed by atoms with Gasteiger partial charge in [-0.05, 0) is 73.9 Å². The van der Waals surface area contributed by atoms with Gasteiger partial charge in [0.05, 0.1) is 36.4 Å². The fourth-order valence-corrected chi connectivity index (χ4v) is 5.66. The SMILES string of the molecule is COc1cc(F)c(F)c(Nc2ccc(I)cc2F)c1NS(=O)(=O)C1(C[C@H](O)COC(C)C)CC1. The Morgan fingerprint density at radius 3 is 2.38 bits per heavy atom. The summed E-state index contributed by atoms with van der Waals surface area (Å²) in [5.74, 6) is -3.76. The zero-order valence-corrected chi connectivity index (χ0v) is 21.8. The number of halogens is 4. The van der Waals surface area contributed by atoms with E-state index in [2.05, 4.69) is 10.0 Å². The van der Waals surface area contributed by atoms with Crippen molar-refractivity contribution >= 4 is 49.7 Å². The Morgan fingerprint density at radius 1 is 1.15 bits per heavy atom. The molecule has 0 unspecified atom stereocenters. The lowest BCUT2D eigenvalue weighted by atomic mass is 10.2. The van der Waals surface area contributed by atoms with Crippen LogP contribution < -0.4 is 14.8 Å². The number of hydrogen-bond acceptors (Lipinski definition) is 6. The van der Waals surface area contributed by atoms with Crippen molar-refractivity contribution in [1.29, 1.82) is 0 Å². The maximum atomic E-state index is 14.8. The van der Waals surface area contributed by atoms with Crippen LogP contribution in [0.2, 0.25) is 0 Å². The van der Waals surface area contributed by atoms with Gasteiger partial charge in [0.2, 0.25) is 10.0 Å². The minimum Gasteiger partial charge on any atom is -0.494 e. The number of ether oxygens (including phenoxy) is 2. The molecule has 1 aliphatic carbocycles. The number of aliphatic hydroxyl groups excluding tert-OH is 1. The molecule has 1 fully saturated rings. The third-order valence-corrected chi connectivity index (χ3v) is 8.30. The van der Waals surface area contributed by atoms with Gasteiger partial charge in [0.1, 0.15) is 22.9 Å². The molecule has 0 saturated heterocycles. The first-order valence-electron chi connectivity index (χ1n) is 10.5. The molecule has 2 aromatic rings. The molecule has 34 heavy (non-hydrogen) atoms. The van der Waals surface area contributed by atoms with Gasteiger partial charge in [0.15, 0.2) is 11.6 Å². The highest BCUT2D eigenvalue weighted by Gasteiger charge is 2.56. The molecule has 0 heterocycles. The van der Waals surface area contributed by atoms with Crippen LogP contribution in [0.25, 0.3) is 0 Å². The van der Waals surface area contributed by atoms with Crippen LogP contribution in [0.4, 0.5) is 30.2 Å². The van der Waals surface area contributed by atoms with Crippen LogP contribution in [0, 0.1) is 21.0 Å². The quantitative estimate of drug-likeness (QED) is 0.312. The van der Waals surface area contributed by atoms with Crippen molar-refractivity contribution in [2.24, 2.45) is 0 Å². The number of aliphatic hydroxyl groups is 1. The van der Waals surface area contributed by atoms with Gasteiger partial charge in [-0.3, -0.25) is 4.72 Å². The molecule has 0 aliphatic heterocycles. The van der Waals surface area contributed by atoms with E-state index in [1.165, 1.54) is 19.2 Å². The Bertz CT molecular complexity index is 1160. The second-order valence-corrected chi connectivity index (χ2v) is 11.7. The molecule has 1 saturated carbocycles. The summed E-state index contributed by atoms with van der Waals surface area (Å²) >= 11 is 1.89. The Kier molecular flexibility index (Phi) is 8.26. The monoisotopic (exact) mass is 614 g/mol. The van der Waals surface area contributed by atoms with Crippen LogP contribution in [-0.4, -0.2) is 44.2 Å². The van der Waals surface area contributed by atoms with Crippen LogP contribution in [0.15, 0.2) is 24.3 Å². The van der Waals surface area contributed by atoms with Crippen molar-refractivity contribution in [3.8, 4) is 5.75 Å². The average molecular weight is 614 g/mol. The van der Waals surface area contributed by atoms with E-state index in [1.807, 2.05) is 22.6 Å². The van der Waals surface area contributed by atoms with E-state index >= 15 is 0 Å². The first-order valence-corrected chi connectivity index (χ1v) is 13.1. The van der Waals surface area contributed by atoms with Gasteiger partial charge in [-0.2, -0.15) is 0 Å². The molecule has 1 atom stereocenters. The lowest BCUT2D eigenvalue weighted by Gasteiger charge is -2.24. The van der Waals surface area contributed by atoms with E-state index in [-0.39, 0.29) is 43.4 Å². The molecule has 0 bridgehead atoms. The van der Waals surface area contributed by atoms with E-state index < -0.39 is 49.7 Å². The molecule has 188 valence electrons. The van der Waals surface area contributed by atoms with Crippen molar-refractivity contribution in [2.75, 3.05) is 23.8 Å². The average Bonchev–Trinajstić information content (AvgIpc) is 3.54. The Morgan fingerprint density at radius 2 is 1.82 bits per heavy atom. The van der Waals surface area contributed by atoms with Gasteiger partial charge in [-0.25, -0.2) is 21.6 Å². The predicted octanol–water partition coefficient (Wildman–Crippen LogP) is 4.91. The zero-order valence-electron chi connectivity index (χ0n) is 18.8. The van der Waals surface area contributed by atoms with Crippen molar-refractivity contribution in [3.63, 3.8) is 0 Å². The van der Waals surface area contributed by atoms with Crippen molar-refractivity contribution in [3.05, 3.63) is 45.3 Å². The Balaban J connectivity index is 1.96. The maximum Gasteiger partial charge on any atom is 0.238 e. The summed E-state index contributed by atoms with van der Waals surface area (Å²) < 4.78 is 82.1. The number of rotatable bonds is 11. The molecular weight excluding hydrogens is 588 g/mol. The van der Waals surface area contributed by atoms with Gasteiger partial charge in [0, 0.05) is 9.64 Å². The van der Waals surface area contributed by atoms with Crippen LogP contribution in [0.1, 0.15) is 33.1 Å². The number of nitrogens with one attached hydrogen (secondary N) is 2. The fraction of sp³-hybridized carbons (Fsp3) is 0.455. The number of hydrogen-bond donors (Lipinski definition) is 3. The Labute approximate surface area is 210 Å². The number of methoxy groups -OCH3 is 1.